The van der Waals surface area contributed by atoms with Crippen molar-refractivity contribution in [2.45, 2.75) is 31.7 Å². The van der Waals surface area contributed by atoms with E-state index in [0.29, 0.717) is 25.3 Å². The number of carbonyl (C=O) groups is 2. The van der Waals surface area contributed by atoms with E-state index in [0.717, 1.165) is 12.1 Å². The van der Waals surface area contributed by atoms with Gasteiger partial charge in [0.25, 0.3) is 5.91 Å². The molecule has 0 unspecified atom stereocenters. The predicted octanol–water partition coefficient (Wildman–Crippen LogP) is 1.63. The summed E-state index contributed by atoms with van der Waals surface area (Å²) in [6.07, 6.45) is 1.69. The van der Waals surface area contributed by atoms with Crippen LogP contribution in [0.15, 0.2) is 18.2 Å². The number of hydrogen-bond acceptors (Lipinski definition) is 3. The largest absolute Gasteiger partial charge is 0.368 e. The number of unbranched alkanes of at least 4 members (excludes halogenated alkanes) is 2. The summed E-state index contributed by atoms with van der Waals surface area (Å²) in [5.41, 5.74) is 4.81. The molecule has 21 heavy (non-hydrogen) atoms. The SMILES string of the molecule is N#CCCCC[C@@H](NC(=O)c1ccc(F)cc1F)C(N)=O. The summed E-state index contributed by atoms with van der Waals surface area (Å²) in [5.74, 6) is -3.40. The minimum absolute atomic E-state index is 0.256. The van der Waals surface area contributed by atoms with Crippen molar-refractivity contribution in [3.8, 4) is 6.07 Å². The maximum Gasteiger partial charge on any atom is 0.254 e. The summed E-state index contributed by atoms with van der Waals surface area (Å²) in [5, 5.41) is 10.7. The fourth-order valence-electron chi connectivity index (χ4n) is 1.75. The fourth-order valence-corrected chi connectivity index (χ4v) is 1.75. The van der Waals surface area contributed by atoms with Gasteiger partial charge in [0, 0.05) is 12.5 Å². The van der Waals surface area contributed by atoms with Gasteiger partial charge in [-0.05, 0) is 31.4 Å². The molecule has 3 N–H and O–H groups in total. The van der Waals surface area contributed by atoms with Crippen molar-refractivity contribution in [3.05, 3.63) is 35.4 Å². The maximum absolute atomic E-state index is 13.5. The second kappa shape index (κ2) is 7.94. The van der Waals surface area contributed by atoms with Crippen molar-refractivity contribution in [1.82, 2.24) is 5.32 Å². The first-order chi connectivity index (χ1) is 9.95. The Morgan fingerprint density at radius 2 is 2.05 bits per heavy atom. The van der Waals surface area contributed by atoms with Crippen LogP contribution in [0.4, 0.5) is 8.78 Å². The quantitative estimate of drug-likeness (QED) is 0.748. The summed E-state index contributed by atoms with van der Waals surface area (Å²) in [6, 6.07) is 3.53. The Hall–Kier alpha value is -2.49. The molecule has 2 amide bonds. The van der Waals surface area contributed by atoms with E-state index in [4.69, 9.17) is 11.0 Å². The zero-order valence-electron chi connectivity index (χ0n) is 11.2. The van der Waals surface area contributed by atoms with Gasteiger partial charge in [-0.25, -0.2) is 8.78 Å². The van der Waals surface area contributed by atoms with Crippen LogP contribution in [-0.4, -0.2) is 17.9 Å². The van der Waals surface area contributed by atoms with Crippen molar-refractivity contribution < 1.29 is 18.4 Å². The van der Waals surface area contributed by atoms with Gasteiger partial charge >= 0.3 is 0 Å². The van der Waals surface area contributed by atoms with E-state index in [1.54, 1.807) is 0 Å². The van der Waals surface area contributed by atoms with Crippen LogP contribution >= 0.6 is 0 Å². The number of nitrogens with zero attached hydrogens (tertiary/aromatic N) is 1. The molecule has 7 heteroatoms. The van der Waals surface area contributed by atoms with Crippen LogP contribution in [0.2, 0.25) is 0 Å². The Kier molecular flexibility index (Phi) is 6.27. The normalized spacial score (nSPS) is 11.5. The molecule has 0 aliphatic carbocycles. The molecule has 112 valence electrons. The topological polar surface area (TPSA) is 96.0 Å². The van der Waals surface area contributed by atoms with Gasteiger partial charge in [-0.1, -0.05) is 0 Å². The predicted molar refractivity (Wildman–Crippen MR) is 70.9 cm³/mol. The van der Waals surface area contributed by atoms with Gasteiger partial charge in [0.15, 0.2) is 0 Å². The van der Waals surface area contributed by atoms with Gasteiger partial charge in [-0.3, -0.25) is 9.59 Å². The zero-order chi connectivity index (χ0) is 15.8. The smallest absolute Gasteiger partial charge is 0.254 e. The van der Waals surface area contributed by atoms with Crippen LogP contribution in [0.25, 0.3) is 0 Å². The first-order valence-corrected chi connectivity index (χ1v) is 6.38. The van der Waals surface area contributed by atoms with Crippen LogP contribution < -0.4 is 11.1 Å². The third-order valence-electron chi connectivity index (χ3n) is 2.86. The number of nitriles is 1. The Bertz CT molecular complexity index is 570. The van der Waals surface area contributed by atoms with Crippen LogP contribution in [-0.2, 0) is 4.79 Å². The molecular weight excluding hydrogens is 280 g/mol. The van der Waals surface area contributed by atoms with Gasteiger partial charge in [-0.15, -0.1) is 0 Å². The Morgan fingerprint density at radius 3 is 2.62 bits per heavy atom. The minimum atomic E-state index is -1.01. The number of benzene rings is 1. The standard InChI is InChI=1S/C14H15F2N3O2/c15-9-5-6-10(11(16)8-9)14(21)19-12(13(18)20)4-2-1-3-7-17/h5-6,8,12H,1-4H2,(H2,18,20)(H,19,21)/t12-/m1/s1. The lowest BCUT2D eigenvalue weighted by Gasteiger charge is -2.15. The zero-order valence-corrected chi connectivity index (χ0v) is 11.2. The van der Waals surface area contributed by atoms with E-state index >= 15 is 0 Å². The van der Waals surface area contributed by atoms with Crippen molar-refractivity contribution in [3.63, 3.8) is 0 Å². The lowest BCUT2D eigenvalue weighted by Crippen LogP contribution is -2.44. The number of hydrogen-bond donors (Lipinski definition) is 2. The Morgan fingerprint density at radius 1 is 1.33 bits per heavy atom. The number of amides is 2. The van der Waals surface area contributed by atoms with Crippen molar-refractivity contribution in [2.24, 2.45) is 5.73 Å². The number of nitrogens with two attached hydrogens (primary N) is 1. The van der Waals surface area contributed by atoms with Crippen molar-refractivity contribution >= 4 is 11.8 Å². The minimum Gasteiger partial charge on any atom is -0.368 e. The van der Waals surface area contributed by atoms with E-state index in [2.05, 4.69) is 5.32 Å². The summed E-state index contributed by atoms with van der Waals surface area (Å²) >= 11 is 0. The van der Waals surface area contributed by atoms with Crippen molar-refractivity contribution in [2.75, 3.05) is 0 Å². The second-order valence-corrected chi connectivity index (χ2v) is 4.46. The van der Waals surface area contributed by atoms with E-state index in [1.165, 1.54) is 0 Å². The highest BCUT2D eigenvalue weighted by Gasteiger charge is 2.20. The first-order valence-electron chi connectivity index (χ1n) is 6.38. The molecule has 1 aromatic carbocycles. The number of rotatable bonds is 7. The summed E-state index contributed by atoms with van der Waals surface area (Å²) < 4.78 is 26.2. The highest BCUT2D eigenvalue weighted by Crippen LogP contribution is 2.10. The monoisotopic (exact) mass is 295 g/mol. The van der Waals surface area contributed by atoms with Crippen molar-refractivity contribution in [1.29, 1.82) is 5.26 Å². The number of nitrogens with one attached hydrogen (secondary N) is 1. The molecular formula is C14H15F2N3O2. The van der Waals surface area contributed by atoms with Crippen LogP contribution in [0, 0.1) is 23.0 Å². The van der Waals surface area contributed by atoms with Gasteiger partial charge in [0.05, 0.1) is 11.6 Å². The molecule has 0 aliphatic heterocycles. The molecule has 0 bridgehead atoms. The molecule has 0 saturated carbocycles. The van der Waals surface area contributed by atoms with E-state index in [-0.39, 0.29) is 12.0 Å². The molecule has 5 nitrogen and oxygen atoms in total. The molecule has 0 aromatic heterocycles. The lowest BCUT2D eigenvalue weighted by molar-refractivity contribution is -0.120. The molecule has 0 heterocycles. The van der Waals surface area contributed by atoms with Crippen LogP contribution in [0.1, 0.15) is 36.0 Å². The summed E-state index contributed by atoms with van der Waals surface area (Å²) in [7, 11) is 0. The highest BCUT2D eigenvalue weighted by atomic mass is 19.1. The van der Waals surface area contributed by atoms with Gasteiger partial charge in [0.2, 0.25) is 5.91 Å². The van der Waals surface area contributed by atoms with Crippen LogP contribution in [0.3, 0.4) is 0 Å². The van der Waals surface area contributed by atoms with E-state index < -0.39 is 29.5 Å². The van der Waals surface area contributed by atoms with Gasteiger partial charge in [-0.2, -0.15) is 5.26 Å². The first kappa shape index (κ1) is 16.6. The highest BCUT2D eigenvalue weighted by molar-refractivity contribution is 5.97. The molecule has 0 aliphatic rings. The molecule has 0 spiro atoms. The average molecular weight is 295 g/mol. The average Bonchev–Trinajstić information content (AvgIpc) is 2.41. The third kappa shape index (κ3) is 5.18. The Labute approximate surface area is 120 Å². The van der Waals surface area contributed by atoms with E-state index in [1.807, 2.05) is 6.07 Å². The van der Waals surface area contributed by atoms with Crippen LogP contribution in [0.5, 0.6) is 0 Å². The maximum atomic E-state index is 13.5. The summed E-state index contributed by atoms with van der Waals surface area (Å²) in [6.45, 7) is 0. The second-order valence-electron chi connectivity index (χ2n) is 4.46. The summed E-state index contributed by atoms with van der Waals surface area (Å²) in [4.78, 5) is 23.1. The molecule has 1 aromatic rings. The Balaban J connectivity index is 2.68. The number of halogens is 2. The number of primary amides is 1. The number of carbonyl (C=O) groups excluding carboxylic acids is 2. The molecule has 0 fully saturated rings. The van der Waals surface area contributed by atoms with E-state index in [9.17, 15) is 18.4 Å². The molecule has 1 rings (SSSR count). The molecule has 0 saturated heterocycles. The van der Waals surface area contributed by atoms with Gasteiger partial charge in [0.1, 0.15) is 17.7 Å². The van der Waals surface area contributed by atoms with Gasteiger partial charge < -0.3 is 11.1 Å². The molecule has 0 radical (unpaired) electrons. The fraction of sp³-hybridized carbons (Fsp3) is 0.357. The third-order valence-corrected chi connectivity index (χ3v) is 2.86. The molecule has 1 atom stereocenters. The lowest BCUT2D eigenvalue weighted by atomic mass is 10.1.